The molecule has 1 aromatic heterocycles. The van der Waals surface area contributed by atoms with Crippen LogP contribution in [0, 0.1) is 5.92 Å². The molecule has 0 bridgehead atoms. The van der Waals surface area contributed by atoms with E-state index < -0.39 is 0 Å². The van der Waals surface area contributed by atoms with E-state index in [2.05, 4.69) is 4.98 Å². The number of rotatable bonds is 5. The van der Waals surface area contributed by atoms with Crippen molar-refractivity contribution in [1.82, 2.24) is 14.8 Å². The second-order valence-corrected chi connectivity index (χ2v) is 9.14. The molecule has 31 heavy (non-hydrogen) atoms. The largest absolute Gasteiger partial charge is 0.329 e. The molecule has 0 N–H and O–H groups in total. The first kappa shape index (κ1) is 20.2. The van der Waals surface area contributed by atoms with Gasteiger partial charge in [0.25, 0.3) is 17.7 Å². The third kappa shape index (κ3) is 3.63. The van der Waals surface area contributed by atoms with Crippen molar-refractivity contribution in [2.75, 3.05) is 6.54 Å². The van der Waals surface area contributed by atoms with E-state index >= 15 is 0 Å². The van der Waals surface area contributed by atoms with Crippen molar-refractivity contribution < 1.29 is 14.4 Å². The second-order valence-electron chi connectivity index (χ2n) is 8.76. The molecule has 2 aliphatic heterocycles. The summed E-state index contributed by atoms with van der Waals surface area (Å²) in [6, 6.07) is 8.42. The fourth-order valence-corrected chi connectivity index (χ4v) is 5.40. The van der Waals surface area contributed by atoms with Gasteiger partial charge in [-0.3, -0.25) is 19.3 Å². The number of carbonyl (C=O) groups is 3. The quantitative estimate of drug-likeness (QED) is 0.515. The van der Waals surface area contributed by atoms with Crippen LogP contribution in [0.15, 0.2) is 36.5 Å². The standard InChI is InChI=1S/C24H24ClN3O3/c25-21-11-16-13-27(24(31)20(16)12-26-21)17(10-15-6-2-1-3-7-15)14-28-22(29)18-8-4-5-9-19(18)23(28)30/h4-5,8-9,11-12,15,17H,1-3,6-7,10,13-14H2/t17-/m0/s1. The molecule has 1 saturated carbocycles. The zero-order chi connectivity index (χ0) is 21.5. The van der Waals surface area contributed by atoms with Crippen molar-refractivity contribution in [3.05, 3.63) is 63.9 Å². The lowest BCUT2D eigenvalue weighted by Crippen LogP contribution is -2.47. The van der Waals surface area contributed by atoms with Gasteiger partial charge in [0.1, 0.15) is 5.15 Å². The molecule has 1 atom stereocenters. The van der Waals surface area contributed by atoms with E-state index in [4.69, 9.17) is 11.6 Å². The zero-order valence-corrected chi connectivity index (χ0v) is 18.0. The van der Waals surface area contributed by atoms with Gasteiger partial charge in [0.05, 0.1) is 22.7 Å². The maximum Gasteiger partial charge on any atom is 0.261 e. The molecule has 2 aromatic rings. The molecule has 1 fully saturated rings. The minimum atomic E-state index is -0.275. The summed E-state index contributed by atoms with van der Waals surface area (Å²) in [5.74, 6) is -0.157. The summed E-state index contributed by atoms with van der Waals surface area (Å²) >= 11 is 6.04. The van der Waals surface area contributed by atoms with Gasteiger partial charge in [0.2, 0.25) is 0 Å². The molecule has 5 rings (SSSR count). The average Bonchev–Trinajstić information content (AvgIpc) is 3.23. The Hall–Kier alpha value is -2.73. The fraction of sp³-hybridized carbons (Fsp3) is 0.417. The summed E-state index contributed by atoms with van der Waals surface area (Å²) in [6.07, 6.45) is 8.20. The molecule has 0 spiro atoms. The molecule has 3 amide bonds. The summed E-state index contributed by atoms with van der Waals surface area (Å²) in [5, 5.41) is 0.359. The summed E-state index contributed by atoms with van der Waals surface area (Å²) in [7, 11) is 0. The second kappa shape index (κ2) is 8.08. The normalized spacial score (nSPS) is 19.7. The Labute approximate surface area is 186 Å². The third-order valence-corrected chi connectivity index (χ3v) is 7.04. The van der Waals surface area contributed by atoms with Gasteiger partial charge in [-0.2, -0.15) is 0 Å². The number of pyridine rings is 1. The Balaban J connectivity index is 1.42. The minimum absolute atomic E-state index is 0.100. The van der Waals surface area contributed by atoms with Crippen LogP contribution in [0.2, 0.25) is 5.15 Å². The molecular weight excluding hydrogens is 414 g/mol. The van der Waals surface area contributed by atoms with Crippen LogP contribution in [-0.4, -0.2) is 45.1 Å². The predicted octanol–water partition coefficient (Wildman–Crippen LogP) is 4.33. The van der Waals surface area contributed by atoms with E-state index in [1.54, 1.807) is 35.2 Å². The first-order valence-electron chi connectivity index (χ1n) is 10.9. The smallest absolute Gasteiger partial charge is 0.261 e. The molecule has 160 valence electrons. The summed E-state index contributed by atoms with van der Waals surface area (Å²) < 4.78 is 0. The molecule has 0 radical (unpaired) electrons. The predicted molar refractivity (Wildman–Crippen MR) is 116 cm³/mol. The first-order valence-corrected chi connectivity index (χ1v) is 11.3. The highest BCUT2D eigenvalue weighted by Gasteiger charge is 2.41. The minimum Gasteiger partial charge on any atom is -0.329 e. The van der Waals surface area contributed by atoms with Crippen molar-refractivity contribution in [1.29, 1.82) is 0 Å². The molecule has 6 nitrogen and oxygen atoms in total. The summed E-state index contributed by atoms with van der Waals surface area (Å²) in [6.45, 7) is 0.640. The summed E-state index contributed by atoms with van der Waals surface area (Å²) in [4.78, 5) is 46.3. The highest BCUT2D eigenvalue weighted by molar-refractivity contribution is 6.29. The van der Waals surface area contributed by atoms with E-state index in [0.29, 0.717) is 34.3 Å². The van der Waals surface area contributed by atoms with Crippen molar-refractivity contribution in [3.63, 3.8) is 0 Å². The number of halogens is 1. The van der Waals surface area contributed by atoms with Crippen molar-refractivity contribution in [2.45, 2.75) is 51.1 Å². The van der Waals surface area contributed by atoms with Gasteiger partial charge in [-0.1, -0.05) is 55.8 Å². The maximum absolute atomic E-state index is 13.2. The Kier molecular flexibility index (Phi) is 5.26. The molecule has 3 aliphatic rings. The highest BCUT2D eigenvalue weighted by atomic mass is 35.5. The number of imide groups is 1. The molecule has 3 heterocycles. The van der Waals surface area contributed by atoms with Gasteiger partial charge < -0.3 is 4.90 Å². The monoisotopic (exact) mass is 437 g/mol. The van der Waals surface area contributed by atoms with Gasteiger partial charge in [-0.25, -0.2) is 4.98 Å². The molecule has 1 aromatic carbocycles. The van der Waals surface area contributed by atoms with Gasteiger partial charge in [0, 0.05) is 19.3 Å². The maximum atomic E-state index is 13.2. The summed E-state index contributed by atoms with van der Waals surface area (Å²) in [5.41, 5.74) is 2.29. The van der Waals surface area contributed by atoms with E-state index in [0.717, 1.165) is 24.8 Å². The van der Waals surface area contributed by atoms with Crippen LogP contribution in [0.4, 0.5) is 0 Å². The van der Waals surface area contributed by atoms with Crippen LogP contribution in [0.25, 0.3) is 0 Å². The number of benzene rings is 1. The van der Waals surface area contributed by atoms with Crippen LogP contribution in [0.5, 0.6) is 0 Å². The molecule has 7 heteroatoms. The van der Waals surface area contributed by atoms with E-state index in [9.17, 15) is 14.4 Å². The Morgan fingerprint density at radius 1 is 0.968 bits per heavy atom. The van der Waals surface area contributed by atoms with Crippen LogP contribution < -0.4 is 0 Å². The van der Waals surface area contributed by atoms with Crippen molar-refractivity contribution >= 4 is 29.3 Å². The Bertz CT molecular complexity index is 1030. The van der Waals surface area contributed by atoms with Crippen LogP contribution in [-0.2, 0) is 6.54 Å². The van der Waals surface area contributed by atoms with Crippen LogP contribution in [0.3, 0.4) is 0 Å². The first-order chi connectivity index (χ1) is 15.0. The number of nitrogens with zero attached hydrogens (tertiary/aromatic N) is 3. The lowest BCUT2D eigenvalue weighted by atomic mass is 9.84. The molecule has 1 aliphatic carbocycles. The third-order valence-electron chi connectivity index (χ3n) is 6.83. The molecular formula is C24H24ClN3O3. The van der Waals surface area contributed by atoms with Crippen LogP contribution in [0.1, 0.15) is 75.2 Å². The Morgan fingerprint density at radius 2 is 1.65 bits per heavy atom. The SMILES string of the molecule is O=C1c2ccccc2C(=O)N1C[C@H](CC1CCCCC1)N1Cc2cc(Cl)ncc2C1=O. The van der Waals surface area contributed by atoms with Gasteiger partial charge in [-0.15, -0.1) is 0 Å². The number of amides is 3. The lowest BCUT2D eigenvalue weighted by molar-refractivity contribution is 0.0493. The molecule has 0 saturated heterocycles. The van der Waals surface area contributed by atoms with E-state index in [1.807, 2.05) is 0 Å². The average molecular weight is 438 g/mol. The topological polar surface area (TPSA) is 70.6 Å². The number of carbonyl (C=O) groups excluding carboxylic acids is 3. The number of fused-ring (bicyclic) bond motifs is 2. The van der Waals surface area contributed by atoms with E-state index in [-0.39, 0.29) is 30.3 Å². The molecule has 0 unspecified atom stereocenters. The lowest BCUT2D eigenvalue weighted by Gasteiger charge is -2.34. The van der Waals surface area contributed by atoms with Gasteiger partial charge in [-0.05, 0) is 36.1 Å². The van der Waals surface area contributed by atoms with Crippen molar-refractivity contribution in [2.24, 2.45) is 5.92 Å². The van der Waals surface area contributed by atoms with Gasteiger partial charge in [0.15, 0.2) is 0 Å². The van der Waals surface area contributed by atoms with Gasteiger partial charge >= 0.3 is 0 Å². The van der Waals surface area contributed by atoms with Crippen LogP contribution >= 0.6 is 11.6 Å². The number of aromatic nitrogens is 1. The zero-order valence-electron chi connectivity index (χ0n) is 17.2. The Morgan fingerprint density at radius 3 is 2.32 bits per heavy atom. The fourth-order valence-electron chi connectivity index (χ4n) is 5.22. The van der Waals surface area contributed by atoms with Crippen molar-refractivity contribution in [3.8, 4) is 0 Å². The van der Waals surface area contributed by atoms with E-state index in [1.165, 1.54) is 30.4 Å². The number of hydrogen-bond acceptors (Lipinski definition) is 4. The number of hydrogen-bond donors (Lipinski definition) is 0. The highest BCUT2D eigenvalue weighted by Crippen LogP contribution is 2.34.